The predicted molar refractivity (Wildman–Crippen MR) is 118 cm³/mol. The van der Waals surface area contributed by atoms with E-state index in [9.17, 15) is 19.2 Å². The van der Waals surface area contributed by atoms with Crippen LogP contribution in [-0.4, -0.2) is 34.0 Å². The van der Waals surface area contributed by atoms with E-state index >= 15 is 0 Å². The van der Waals surface area contributed by atoms with E-state index in [-0.39, 0.29) is 29.9 Å². The molecule has 32 heavy (non-hydrogen) atoms. The second kappa shape index (κ2) is 10.3. The molecule has 0 spiro atoms. The van der Waals surface area contributed by atoms with E-state index in [1.807, 2.05) is 6.92 Å². The van der Waals surface area contributed by atoms with Crippen LogP contribution < -0.4 is 21.1 Å². The quantitative estimate of drug-likeness (QED) is 0.413. The number of nitrogens with zero attached hydrogens (tertiary/aromatic N) is 2. The number of hydrogen-bond donors (Lipinski definition) is 2. The third-order valence-electron chi connectivity index (χ3n) is 4.76. The van der Waals surface area contributed by atoms with Crippen LogP contribution in [0, 0.1) is 0 Å². The SMILES string of the molecule is CCOc1ccc(C(=O)CCC(=O)NNC(=O)c2nn(CC)c(=O)c3ccccc23)cc1. The maximum atomic E-state index is 12.6. The van der Waals surface area contributed by atoms with Gasteiger partial charge in [-0.05, 0) is 44.2 Å². The zero-order chi connectivity index (χ0) is 23.1. The largest absolute Gasteiger partial charge is 0.494 e. The normalized spacial score (nSPS) is 10.6. The minimum Gasteiger partial charge on any atom is -0.494 e. The fourth-order valence-corrected chi connectivity index (χ4v) is 3.14. The summed E-state index contributed by atoms with van der Waals surface area (Å²) >= 11 is 0. The molecule has 2 aromatic carbocycles. The number of amides is 2. The molecule has 0 aliphatic rings. The number of hydrazine groups is 1. The van der Waals surface area contributed by atoms with Crippen LogP contribution in [0.5, 0.6) is 5.75 Å². The molecule has 0 atom stereocenters. The maximum absolute atomic E-state index is 12.6. The molecule has 0 saturated heterocycles. The summed E-state index contributed by atoms with van der Waals surface area (Å²) < 4.78 is 6.53. The molecule has 2 N–H and O–H groups in total. The summed E-state index contributed by atoms with van der Waals surface area (Å²) in [5.74, 6) is -0.711. The highest BCUT2D eigenvalue weighted by molar-refractivity contribution is 6.05. The Kier molecular flexibility index (Phi) is 7.33. The highest BCUT2D eigenvalue weighted by Crippen LogP contribution is 2.14. The fraction of sp³-hybridized carbons (Fsp3) is 0.261. The summed E-state index contributed by atoms with van der Waals surface area (Å²) in [5.41, 5.74) is 4.80. The number of benzene rings is 2. The fourth-order valence-electron chi connectivity index (χ4n) is 3.14. The molecule has 9 heteroatoms. The van der Waals surface area contributed by atoms with E-state index in [4.69, 9.17) is 4.74 Å². The monoisotopic (exact) mass is 436 g/mol. The first-order valence-corrected chi connectivity index (χ1v) is 10.3. The predicted octanol–water partition coefficient (Wildman–Crippen LogP) is 2.24. The zero-order valence-electron chi connectivity index (χ0n) is 17.9. The van der Waals surface area contributed by atoms with Crippen molar-refractivity contribution in [1.82, 2.24) is 20.6 Å². The number of nitrogens with one attached hydrogen (secondary N) is 2. The van der Waals surface area contributed by atoms with Crippen LogP contribution in [-0.2, 0) is 11.3 Å². The Bertz CT molecular complexity index is 1200. The second-order valence-corrected chi connectivity index (χ2v) is 6.90. The Morgan fingerprint density at radius 1 is 0.938 bits per heavy atom. The number of carbonyl (C=O) groups excluding carboxylic acids is 3. The van der Waals surface area contributed by atoms with Gasteiger partial charge in [-0.15, -0.1) is 0 Å². The maximum Gasteiger partial charge on any atom is 0.290 e. The first kappa shape index (κ1) is 22.7. The number of aryl methyl sites for hydroxylation is 1. The average Bonchev–Trinajstić information content (AvgIpc) is 2.82. The topological polar surface area (TPSA) is 119 Å². The minimum absolute atomic E-state index is 0.0163. The van der Waals surface area contributed by atoms with Gasteiger partial charge in [-0.1, -0.05) is 18.2 Å². The van der Waals surface area contributed by atoms with Crippen molar-refractivity contribution in [1.29, 1.82) is 0 Å². The molecular weight excluding hydrogens is 412 g/mol. The lowest BCUT2D eigenvalue weighted by Crippen LogP contribution is -2.42. The molecule has 0 bridgehead atoms. The molecule has 0 aliphatic heterocycles. The Hall–Kier alpha value is -4.01. The van der Waals surface area contributed by atoms with Gasteiger partial charge in [-0.25, -0.2) is 4.68 Å². The molecule has 2 amide bonds. The first-order chi connectivity index (χ1) is 15.4. The number of aromatic nitrogens is 2. The van der Waals surface area contributed by atoms with Crippen LogP contribution in [0.2, 0.25) is 0 Å². The van der Waals surface area contributed by atoms with Crippen molar-refractivity contribution in [2.45, 2.75) is 33.2 Å². The van der Waals surface area contributed by atoms with Gasteiger partial charge in [0.05, 0.1) is 12.0 Å². The Morgan fingerprint density at radius 2 is 1.62 bits per heavy atom. The lowest BCUT2D eigenvalue weighted by Gasteiger charge is -2.11. The van der Waals surface area contributed by atoms with Gasteiger partial charge >= 0.3 is 0 Å². The molecule has 0 radical (unpaired) electrons. The molecule has 1 heterocycles. The molecule has 1 aromatic heterocycles. The summed E-state index contributed by atoms with van der Waals surface area (Å²) in [6.07, 6.45) is -0.119. The molecule has 0 saturated carbocycles. The van der Waals surface area contributed by atoms with Gasteiger partial charge in [0.2, 0.25) is 5.91 Å². The van der Waals surface area contributed by atoms with Gasteiger partial charge in [0.15, 0.2) is 11.5 Å². The number of hydrogen-bond acceptors (Lipinski definition) is 6. The number of carbonyl (C=O) groups is 3. The van der Waals surface area contributed by atoms with Crippen LogP contribution in [0.1, 0.15) is 47.5 Å². The van der Waals surface area contributed by atoms with E-state index in [1.54, 1.807) is 55.5 Å². The van der Waals surface area contributed by atoms with E-state index < -0.39 is 11.8 Å². The molecule has 9 nitrogen and oxygen atoms in total. The number of ketones is 1. The number of Topliss-reactive ketones (excluding diaryl/α,β-unsaturated/α-hetero) is 1. The molecule has 3 rings (SSSR count). The molecule has 0 unspecified atom stereocenters. The third-order valence-corrected chi connectivity index (χ3v) is 4.76. The van der Waals surface area contributed by atoms with Gasteiger partial charge in [-0.3, -0.25) is 30.0 Å². The van der Waals surface area contributed by atoms with E-state index in [2.05, 4.69) is 16.0 Å². The van der Waals surface area contributed by atoms with Crippen molar-refractivity contribution in [2.75, 3.05) is 6.61 Å². The van der Waals surface area contributed by atoms with Crippen LogP contribution in [0.4, 0.5) is 0 Å². The van der Waals surface area contributed by atoms with Crippen molar-refractivity contribution in [3.05, 3.63) is 70.1 Å². The van der Waals surface area contributed by atoms with Crippen LogP contribution >= 0.6 is 0 Å². The Labute approximate surface area is 184 Å². The highest BCUT2D eigenvalue weighted by atomic mass is 16.5. The Balaban J connectivity index is 1.59. The van der Waals surface area contributed by atoms with Gasteiger partial charge in [0, 0.05) is 30.3 Å². The van der Waals surface area contributed by atoms with Crippen molar-refractivity contribution in [3.8, 4) is 5.75 Å². The minimum atomic E-state index is -0.658. The smallest absolute Gasteiger partial charge is 0.290 e. The molecule has 166 valence electrons. The van der Waals surface area contributed by atoms with E-state index in [0.29, 0.717) is 35.2 Å². The summed E-state index contributed by atoms with van der Waals surface area (Å²) in [7, 11) is 0. The molecule has 0 fully saturated rings. The van der Waals surface area contributed by atoms with Gasteiger partial charge in [0.25, 0.3) is 11.5 Å². The van der Waals surface area contributed by atoms with E-state index in [1.165, 1.54) is 4.68 Å². The summed E-state index contributed by atoms with van der Waals surface area (Å²) in [5, 5.41) is 4.86. The summed E-state index contributed by atoms with van der Waals surface area (Å²) in [6.45, 7) is 4.44. The average molecular weight is 436 g/mol. The van der Waals surface area contributed by atoms with Crippen molar-refractivity contribution >= 4 is 28.4 Å². The van der Waals surface area contributed by atoms with Crippen LogP contribution in [0.15, 0.2) is 53.3 Å². The summed E-state index contributed by atoms with van der Waals surface area (Å²) in [6, 6.07) is 13.3. The highest BCUT2D eigenvalue weighted by Gasteiger charge is 2.17. The van der Waals surface area contributed by atoms with Gasteiger partial charge in [-0.2, -0.15) is 5.10 Å². The number of fused-ring (bicyclic) bond motifs is 1. The van der Waals surface area contributed by atoms with Crippen molar-refractivity contribution in [3.63, 3.8) is 0 Å². The van der Waals surface area contributed by atoms with Crippen molar-refractivity contribution in [2.24, 2.45) is 0 Å². The standard InChI is InChI=1S/C23H24N4O5/c1-3-27-23(31)18-8-6-5-7-17(18)21(26-27)22(30)25-24-20(29)14-13-19(28)15-9-11-16(12-10-15)32-4-2/h5-12H,3-4,13-14H2,1-2H3,(H,24,29)(H,25,30). The van der Waals surface area contributed by atoms with Gasteiger partial charge in [0.1, 0.15) is 5.75 Å². The Morgan fingerprint density at radius 3 is 2.28 bits per heavy atom. The molecule has 0 aliphatic carbocycles. The zero-order valence-corrected chi connectivity index (χ0v) is 17.9. The second-order valence-electron chi connectivity index (χ2n) is 6.90. The number of ether oxygens (including phenoxy) is 1. The molecular formula is C23H24N4O5. The molecule has 3 aromatic rings. The van der Waals surface area contributed by atoms with Crippen molar-refractivity contribution < 1.29 is 19.1 Å². The first-order valence-electron chi connectivity index (χ1n) is 10.3. The van der Waals surface area contributed by atoms with Crippen LogP contribution in [0.3, 0.4) is 0 Å². The lowest BCUT2D eigenvalue weighted by atomic mass is 10.1. The van der Waals surface area contributed by atoms with E-state index in [0.717, 1.165) is 0 Å². The van der Waals surface area contributed by atoms with Crippen LogP contribution in [0.25, 0.3) is 10.8 Å². The lowest BCUT2D eigenvalue weighted by molar-refractivity contribution is -0.121. The third kappa shape index (κ3) is 5.18. The number of rotatable bonds is 8. The van der Waals surface area contributed by atoms with Gasteiger partial charge < -0.3 is 4.74 Å². The summed E-state index contributed by atoms with van der Waals surface area (Å²) in [4.78, 5) is 49.4.